The van der Waals surface area contributed by atoms with E-state index in [0.29, 0.717) is 12.3 Å². The lowest BCUT2D eigenvalue weighted by Gasteiger charge is -2.05. The SMILES string of the molecule is Cc1nn(CC(=O)OCc2cccs2)c(C)c1N. The maximum absolute atomic E-state index is 11.7. The van der Waals surface area contributed by atoms with Crippen molar-refractivity contribution in [2.24, 2.45) is 0 Å². The first-order chi connectivity index (χ1) is 8.58. The predicted molar refractivity (Wildman–Crippen MR) is 70.2 cm³/mol. The van der Waals surface area contributed by atoms with Crippen LogP contribution in [0, 0.1) is 13.8 Å². The number of esters is 1. The van der Waals surface area contributed by atoms with Gasteiger partial charge in [0.1, 0.15) is 13.2 Å². The minimum Gasteiger partial charge on any atom is -0.459 e. The molecule has 0 unspecified atom stereocenters. The maximum atomic E-state index is 11.7. The number of aryl methyl sites for hydroxylation is 1. The van der Waals surface area contributed by atoms with Gasteiger partial charge in [-0.1, -0.05) is 6.07 Å². The van der Waals surface area contributed by atoms with E-state index in [1.54, 1.807) is 16.0 Å². The number of nitrogen functional groups attached to an aromatic ring is 1. The number of hydrogen-bond donors (Lipinski definition) is 1. The van der Waals surface area contributed by atoms with Gasteiger partial charge in [0.2, 0.25) is 0 Å². The fourth-order valence-electron chi connectivity index (χ4n) is 1.58. The molecule has 0 bridgehead atoms. The third kappa shape index (κ3) is 2.70. The van der Waals surface area contributed by atoms with Gasteiger partial charge < -0.3 is 10.5 Å². The Kier molecular flexibility index (Phi) is 3.66. The van der Waals surface area contributed by atoms with Crippen LogP contribution in [-0.2, 0) is 22.7 Å². The van der Waals surface area contributed by atoms with Crippen LogP contribution in [0.3, 0.4) is 0 Å². The number of nitrogens with two attached hydrogens (primary N) is 1. The molecule has 5 nitrogen and oxygen atoms in total. The van der Waals surface area contributed by atoms with Crippen LogP contribution in [0.2, 0.25) is 0 Å². The van der Waals surface area contributed by atoms with E-state index in [9.17, 15) is 4.79 Å². The normalized spacial score (nSPS) is 10.6. The number of anilines is 1. The van der Waals surface area contributed by atoms with E-state index in [1.165, 1.54) is 0 Å². The van der Waals surface area contributed by atoms with Crippen LogP contribution in [0.15, 0.2) is 17.5 Å². The van der Waals surface area contributed by atoms with Crippen LogP contribution in [0.4, 0.5) is 5.69 Å². The van der Waals surface area contributed by atoms with Crippen molar-refractivity contribution in [1.29, 1.82) is 0 Å². The zero-order chi connectivity index (χ0) is 13.1. The Hall–Kier alpha value is -1.82. The summed E-state index contributed by atoms with van der Waals surface area (Å²) in [5.74, 6) is -0.311. The van der Waals surface area contributed by atoms with Gasteiger partial charge in [0.05, 0.1) is 17.1 Å². The van der Waals surface area contributed by atoms with E-state index in [4.69, 9.17) is 10.5 Å². The van der Waals surface area contributed by atoms with Gasteiger partial charge in [-0.15, -0.1) is 11.3 Å². The number of aromatic nitrogens is 2. The third-order valence-corrected chi connectivity index (χ3v) is 3.52. The van der Waals surface area contributed by atoms with E-state index in [-0.39, 0.29) is 12.5 Å². The Balaban J connectivity index is 1.93. The Bertz CT molecular complexity index is 546. The van der Waals surface area contributed by atoms with Gasteiger partial charge >= 0.3 is 5.97 Å². The lowest BCUT2D eigenvalue weighted by Crippen LogP contribution is -2.15. The molecule has 2 heterocycles. The first kappa shape index (κ1) is 12.6. The van der Waals surface area contributed by atoms with Crippen molar-refractivity contribution in [2.75, 3.05) is 5.73 Å². The van der Waals surface area contributed by atoms with Crippen molar-refractivity contribution in [3.05, 3.63) is 33.8 Å². The summed E-state index contributed by atoms with van der Waals surface area (Å²) >= 11 is 1.56. The maximum Gasteiger partial charge on any atom is 0.328 e. The highest BCUT2D eigenvalue weighted by Crippen LogP contribution is 2.15. The zero-order valence-electron chi connectivity index (χ0n) is 10.3. The number of carbonyl (C=O) groups is 1. The average Bonchev–Trinajstić information content (AvgIpc) is 2.93. The van der Waals surface area contributed by atoms with Crippen LogP contribution >= 0.6 is 11.3 Å². The summed E-state index contributed by atoms with van der Waals surface area (Å²) < 4.78 is 6.74. The van der Waals surface area contributed by atoms with E-state index in [2.05, 4.69) is 5.10 Å². The molecule has 2 aromatic heterocycles. The van der Waals surface area contributed by atoms with Crippen molar-refractivity contribution in [1.82, 2.24) is 9.78 Å². The average molecular weight is 265 g/mol. The Morgan fingerprint density at radius 2 is 2.33 bits per heavy atom. The molecule has 0 spiro atoms. The fraction of sp³-hybridized carbons (Fsp3) is 0.333. The van der Waals surface area contributed by atoms with Crippen LogP contribution < -0.4 is 5.73 Å². The molecule has 2 rings (SSSR count). The molecule has 0 atom stereocenters. The molecular weight excluding hydrogens is 250 g/mol. The smallest absolute Gasteiger partial charge is 0.328 e. The minimum absolute atomic E-state index is 0.0925. The van der Waals surface area contributed by atoms with Crippen molar-refractivity contribution in [3.63, 3.8) is 0 Å². The van der Waals surface area contributed by atoms with Crippen molar-refractivity contribution in [3.8, 4) is 0 Å². The lowest BCUT2D eigenvalue weighted by molar-refractivity contribution is -0.145. The first-order valence-electron chi connectivity index (χ1n) is 5.55. The van der Waals surface area contributed by atoms with Gasteiger partial charge in [-0.2, -0.15) is 5.10 Å². The highest BCUT2D eigenvalue weighted by molar-refractivity contribution is 7.09. The monoisotopic (exact) mass is 265 g/mol. The fourth-order valence-corrected chi connectivity index (χ4v) is 2.20. The number of rotatable bonds is 4. The molecule has 96 valence electrons. The molecule has 0 fully saturated rings. The number of ether oxygens (including phenoxy) is 1. The Morgan fingerprint density at radius 3 is 2.89 bits per heavy atom. The van der Waals surface area contributed by atoms with E-state index in [0.717, 1.165) is 16.3 Å². The zero-order valence-corrected chi connectivity index (χ0v) is 11.2. The lowest BCUT2D eigenvalue weighted by atomic mass is 10.3. The summed E-state index contributed by atoms with van der Waals surface area (Å²) in [6.07, 6.45) is 0. The van der Waals surface area contributed by atoms with E-state index in [1.807, 2.05) is 31.4 Å². The molecule has 0 aliphatic rings. The number of nitrogens with zero attached hydrogens (tertiary/aromatic N) is 2. The molecule has 0 saturated carbocycles. The molecule has 0 aliphatic heterocycles. The number of thiophene rings is 1. The summed E-state index contributed by atoms with van der Waals surface area (Å²) in [6.45, 7) is 4.05. The third-order valence-electron chi connectivity index (χ3n) is 2.67. The summed E-state index contributed by atoms with van der Waals surface area (Å²) in [6, 6.07) is 3.86. The van der Waals surface area contributed by atoms with Gasteiger partial charge in [0, 0.05) is 4.88 Å². The molecule has 2 N–H and O–H groups in total. The quantitative estimate of drug-likeness (QED) is 0.857. The summed E-state index contributed by atoms with van der Waals surface area (Å²) in [5.41, 5.74) is 7.95. The first-order valence-corrected chi connectivity index (χ1v) is 6.43. The van der Waals surface area contributed by atoms with Crippen molar-refractivity contribution in [2.45, 2.75) is 27.0 Å². The van der Waals surface area contributed by atoms with Gasteiger partial charge in [-0.05, 0) is 25.3 Å². The summed E-state index contributed by atoms with van der Waals surface area (Å²) in [4.78, 5) is 12.7. The van der Waals surface area contributed by atoms with Crippen LogP contribution in [0.5, 0.6) is 0 Å². The molecule has 0 aliphatic carbocycles. The van der Waals surface area contributed by atoms with Gasteiger partial charge in [0.15, 0.2) is 0 Å². The van der Waals surface area contributed by atoms with Crippen molar-refractivity contribution >= 4 is 23.0 Å². The molecule has 2 aromatic rings. The van der Waals surface area contributed by atoms with Gasteiger partial charge in [0.25, 0.3) is 0 Å². The summed E-state index contributed by atoms with van der Waals surface area (Å²) in [7, 11) is 0. The molecule has 18 heavy (non-hydrogen) atoms. The van der Waals surface area contributed by atoms with Crippen LogP contribution in [0.1, 0.15) is 16.3 Å². The van der Waals surface area contributed by atoms with Crippen LogP contribution in [-0.4, -0.2) is 15.7 Å². The standard InChI is InChI=1S/C12H15N3O2S/c1-8-12(13)9(2)15(14-8)6-11(16)17-7-10-4-3-5-18-10/h3-5H,6-7,13H2,1-2H3. The molecular formula is C12H15N3O2S. The van der Waals surface area contributed by atoms with Crippen LogP contribution in [0.25, 0.3) is 0 Å². The van der Waals surface area contributed by atoms with Gasteiger partial charge in [-0.3, -0.25) is 9.48 Å². The Labute approximate surface area is 109 Å². The number of carbonyl (C=O) groups excluding carboxylic acids is 1. The van der Waals surface area contributed by atoms with Crippen molar-refractivity contribution < 1.29 is 9.53 Å². The molecule has 0 radical (unpaired) electrons. The molecule has 6 heteroatoms. The molecule has 0 aromatic carbocycles. The largest absolute Gasteiger partial charge is 0.459 e. The minimum atomic E-state index is -0.311. The molecule has 0 saturated heterocycles. The number of hydrogen-bond acceptors (Lipinski definition) is 5. The van der Waals surface area contributed by atoms with E-state index >= 15 is 0 Å². The Morgan fingerprint density at radius 1 is 1.56 bits per heavy atom. The summed E-state index contributed by atoms with van der Waals surface area (Å²) in [5, 5.41) is 6.14. The highest BCUT2D eigenvalue weighted by atomic mass is 32.1. The second kappa shape index (κ2) is 5.22. The van der Waals surface area contributed by atoms with Gasteiger partial charge in [-0.25, -0.2) is 0 Å². The topological polar surface area (TPSA) is 70.1 Å². The molecule has 0 amide bonds. The van der Waals surface area contributed by atoms with E-state index < -0.39 is 0 Å². The second-order valence-corrected chi connectivity index (χ2v) is 5.01. The second-order valence-electron chi connectivity index (χ2n) is 3.98. The predicted octanol–water partition coefficient (Wildman–Crippen LogP) is 1.89. The highest BCUT2D eigenvalue weighted by Gasteiger charge is 2.12.